The van der Waals surface area contributed by atoms with Gasteiger partial charge >= 0.3 is 0 Å². The van der Waals surface area contributed by atoms with E-state index in [2.05, 4.69) is 16.2 Å². The Morgan fingerprint density at radius 1 is 1.26 bits per heavy atom. The molecule has 2 N–H and O–H groups in total. The molecule has 2 heterocycles. The molecule has 0 radical (unpaired) electrons. The van der Waals surface area contributed by atoms with Gasteiger partial charge in [0, 0.05) is 11.8 Å². The number of nitrogen functional groups attached to an aromatic ring is 1. The van der Waals surface area contributed by atoms with Gasteiger partial charge in [-0.25, -0.2) is 4.52 Å². The van der Waals surface area contributed by atoms with E-state index in [1.165, 1.54) is 0 Å². The lowest BCUT2D eigenvalue weighted by Crippen LogP contribution is -1.93. The molecular weight excluding hydrogens is 238 g/mol. The van der Waals surface area contributed by atoms with Crippen LogP contribution in [0, 0.1) is 18.3 Å². The first-order valence-corrected chi connectivity index (χ1v) is 5.80. The molecule has 1 aromatic carbocycles. The number of pyridine rings is 1. The molecule has 0 spiro atoms. The molecule has 0 saturated heterocycles. The van der Waals surface area contributed by atoms with Crippen LogP contribution in [0.5, 0.6) is 0 Å². The highest BCUT2D eigenvalue weighted by molar-refractivity contribution is 5.69. The molecule has 0 bridgehead atoms. The molecular formula is C14H11N5. The van der Waals surface area contributed by atoms with Crippen LogP contribution >= 0.6 is 0 Å². The number of benzene rings is 1. The van der Waals surface area contributed by atoms with Crippen LogP contribution in [-0.4, -0.2) is 14.6 Å². The van der Waals surface area contributed by atoms with E-state index < -0.39 is 0 Å². The summed E-state index contributed by atoms with van der Waals surface area (Å²) in [5.74, 6) is 0.261. The summed E-state index contributed by atoms with van der Waals surface area (Å²) < 4.78 is 1.66. The van der Waals surface area contributed by atoms with E-state index in [1.54, 1.807) is 16.6 Å². The molecule has 0 unspecified atom stereocenters. The number of fused-ring (bicyclic) bond motifs is 1. The highest BCUT2D eigenvalue weighted by atomic mass is 15.3. The Bertz CT molecular complexity index is 793. The zero-order chi connectivity index (χ0) is 13.4. The number of nitriles is 1. The van der Waals surface area contributed by atoms with Crippen LogP contribution in [0.15, 0.2) is 36.5 Å². The fourth-order valence-electron chi connectivity index (χ4n) is 2.07. The van der Waals surface area contributed by atoms with Gasteiger partial charge < -0.3 is 5.73 Å². The zero-order valence-corrected chi connectivity index (χ0v) is 10.3. The van der Waals surface area contributed by atoms with E-state index in [1.807, 2.05) is 31.3 Å². The minimum absolute atomic E-state index is 0.261. The van der Waals surface area contributed by atoms with Crippen molar-refractivity contribution in [1.29, 1.82) is 5.26 Å². The highest BCUT2D eigenvalue weighted by Gasteiger charge is 2.07. The minimum atomic E-state index is 0.261. The number of nitrogens with two attached hydrogens (primary N) is 1. The Hall–Kier alpha value is -2.87. The Kier molecular flexibility index (Phi) is 2.43. The van der Waals surface area contributed by atoms with Crippen LogP contribution in [0.2, 0.25) is 0 Å². The first kappa shape index (κ1) is 11.2. The van der Waals surface area contributed by atoms with Gasteiger partial charge in [0.1, 0.15) is 0 Å². The lowest BCUT2D eigenvalue weighted by Gasteiger charge is -2.06. The van der Waals surface area contributed by atoms with Crippen molar-refractivity contribution in [3.8, 4) is 17.2 Å². The smallest absolute Gasteiger partial charge is 0.240 e. The lowest BCUT2D eigenvalue weighted by molar-refractivity contribution is 0.966. The third-order valence-electron chi connectivity index (χ3n) is 3.02. The molecule has 19 heavy (non-hydrogen) atoms. The number of nitrogens with zero attached hydrogens (tertiary/aromatic N) is 4. The number of rotatable bonds is 1. The fraction of sp³-hybridized carbons (Fsp3) is 0.0714. The number of hydrogen-bond acceptors (Lipinski definition) is 4. The van der Waals surface area contributed by atoms with Gasteiger partial charge in [0.25, 0.3) is 0 Å². The average molecular weight is 249 g/mol. The van der Waals surface area contributed by atoms with Gasteiger partial charge in [-0.3, -0.25) is 0 Å². The van der Waals surface area contributed by atoms with Crippen LogP contribution in [0.25, 0.3) is 16.8 Å². The molecule has 0 aliphatic heterocycles. The quantitative estimate of drug-likeness (QED) is 0.716. The average Bonchev–Trinajstić information content (AvgIpc) is 2.77. The number of aromatic nitrogens is 3. The Labute approximate surface area is 109 Å². The topological polar surface area (TPSA) is 80.0 Å². The van der Waals surface area contributed by atoms with Gasteiger partial charge in [-0.2, -0.15) is 10.2 Å². The number of hydrogen-bond donors (Lipinski definition) is 1. The summed E-state index contributed by atoms with van der Waals surface area (Å²) in [5, 5.41) is 12.9. The molecule has 0 atom stereocenters. The second kappa shape index (κ2) is 4.10. The van der Waals surface area contributed by atoms with Gasteiger partial charge in [-0.1, -0.05) is 12.1 Å². The number of aryl methyl sites for hydroxylation is 1. The zero-order valence-electron chi connectivity index (χ0n) is 10.3. The standard InChI is InChI=1S/C14H11N5/c1-9-6-13-17-14(16)18-19(13)8-12(9)11-4-2-10(7-15)3-5-11/h2-6,8H,1H3,(H2,16,18). The van der Waals surface area contributed by atoms with Crippen molar-refractivity contribution < 1.29 is 0 Å². The predicted octanol–water partition coefficient (Wildman–Crippen LogP) is 2.16. The summed E-state index contributed by atoms with van der Waals surface area (Å²) in [5.41, 5.74) is 10.1. The largest absolute Gasteiger partial charge is 0.366 e. The van der Waals surface area contributed by atoms with Crippen molar-refractivity contribution in [3.63, 3.8) is 0 Å². The van der Waals surface area contributed by atoms with Crippen molar-refractivity contribution in [1.82, 2.24) is 14.6 Å². The number of anilines is 1. The summed E-state index contributed by atoms with van der Waals surface area (Å²) in [6.45, 7) is 2.01. The van der Waals surface area contributed by atoms with Crippen LogP contribution in [0.1, 0.15) is 11.1 Å². The molecule has 0 aliphatic carbocycles. The minimum Gasteiger partial charge on any atom is -0.366 e. The van der Waals surface area contributed by atoms with Gasteiger partial charge in [0.05, 0.1) is 11.6 Å². The molecule has 2 aromatic heterocycles. The molecule has 0 amide bonds. The molecule has 0 aliphatic rings. The van der Waals surface area contributed by atoms with Crippen LogP contribution < -0.4 is 5.73 Å². The van der Waals surface area contributed by atoms with E-state index in [9.17, 15) is 0 Å². The maximum atomic E-state index is 8.81. The third kappa shape index (κ3) is 1.89. The van der Waals surface area contributed by atoms with Gasteiger partial charge in [0.15, 0.2) is 5.65 Å². The molecule has 0 fully saturated rings. The Morgan fingerprint density at radius 3 is 2.68 bits per heavy atom. The van der Waals surface area contributed by atoms with Crippen LogP contribution in [0.4, 0.5) is 5.95 Å². The maximum absolute atomic E-state index is 8.81. The second-order valence-corrected chi connectivity index (χ2v) is 4.33. The normalized spacial score (nSPS) is 10.5. The molecule has 0 saturated carbocycles. The first-order chi connectivity index (χ1) is 9.17. The highest BCUT2D eigenvalue weighted by Crippen LogP contribution is 2.24. The van der Waals surface area contributed by atoms with Gasteiger partial charge in [0.2, 0.25) is 5.95 Å². The summed E-state index contributed by atoms with van der Waals surface area (Å²) in [6.07, 6.45) is 1.90. The SMILES string of the molecule is Cc1cc2nc(N)nn2cc1-c1ccc(C#N)cc1. The van der Waals surface area contributed by atoms with Crippen LogP contribution in [0.3, 0.4) is 0 Å². The molecule has 5 nitrogen and oxygen atoms in total. The van der Waals surface area contributed by atoms with E-state index in [-0.39, 0.29) is 5.95 Å². The van der Waals surface area contributed by atoms with E-state index in [4.69, 9.17) is 11.0 Å². The van der Waals surface area contributed by atoms with Crippen molar-refractivity contribution >= 4 is 11.6 Å². The first-order valence-electron chi connectivity index (χ1n) is 5.80. The molecule has 92 valence electrons. The van der Waals surface area contributed by atoms with Crippen molar-refractivity contribution in [3.05, 3.63) is 47.7 Å². The molecule has 3 rings (SSSR count). The summed E-state index contributed by atoms with van der Waals surface area (Å²) in [4.78, 5) is 4.12. The van der Waals surface area contributed by atoms with Gasteiger partial charge in [-0.15, -0.1) is 5.10 Å². The third-order valence-corrected chi connectivity index (χ3v) is 3.02. The maximum Gasteiger partial charge on any atom is 0.240 e. The summed E-state index contributed by atoms with van der Waals surface area (Å²) >= 11 is 0. The van der Waals surface area contributed by atoms with Crippen molar-refractivity contribution in [2.24, 2.45) is 0 Å². The predicted molar refractivity (Wildman–Crippen MR) is 72.3 cm³/mol. The molecule has 5 heteroatoms. The Morgan fingerprint density at radius 2 is 2.00 bits per heavy atom. The fourth-order valence-corrected chi connectivity index (χ4v) is 2.07. The Balaban J connectivity index is 2.17. The van der Waals surface area contributed by atoms with Crippen LogP contribution in [-0.2, 0) is 0 Å². The second-order valence-electron chi connectivity index (χ2n) is 4.33. The van der Waals surface area contributed by atoms with Gasteiger partial charge in [-0.05, 0) is 36.2 Å². The van der Waals surface area contributed by atoms with Crippen molar-refractivity contribution in [2.75, 3.05) is 5.73 Å². The van der Waals surface area contributed by atoms with E-state index in [0.29, 0.717) is 5.56 Å². The lowest BCUT2D eigenvalue weighted by atomic mass is 10.0. The monoisotopic (exact) mass is 249 g/mol. The van der Waals surface area contributed by atoms with E-state index >= 15 is 0 Å². The summed E-state index contributed by atoms with van der Waals surface area (Å²) in [6, 6.07) is 11.5. The van der Waals surface area contributed by atoms with Crippen molar-refractivity contribution in [2.45, 2.75) is 6.92 Å². The molecule has 3 aromatic rings. The summed E-state index contributed by atoms with van der Waals surface area (Å²) in [7, 11) is 0. The van der Waals surface area contributed by atoms with E-state index in [0.717, 1.165) is 22.3 Å².